The number of nitrogens with two attached hydrogens (primary N) is 1. The highest BCUT2D eigenvalue weighted by molar-refractivity contribution is 7.99. The zero-order chi connectivity index (χ0) is 13.6. The van der Waals surface area contributed by atoms with E-state index >= 15 is 0 Å². The highest BCUT2D eigenvalue weighted by Gasteiger charge is 2.20. The maximum Gasteiger partial charge on any atom is 0.231 e. The lowest BCUT2D eigenvalue weighted by molar-refractivity contribution is -0.117. The minimum absolute atomic E-state index is 0.00907. The molecule has 0 aliphatic carbocycles. The quantitative estimate of drug-likeness (QED) is 0.744. The molecule has 0 radical (unpaired) electrons. The van der Waals surface area contributed by atoms with Crippen LogP contribution in [-0.2, 0) is 10.2 Å². The van der Waals surface area contributed by atoms with Crippen LogP contribution < -0.4 is 11.1 Å². The van der Waals surface area contributed by atoms with Gasteiger partial charge in [-0.3, -0.25) is 4.79 Å². The predicted octanol–water partition coefficient (Wildman–Crippen LogP) is 2.15. The van der Waals surface area contributed by atoms with Gasteiger partial charge in [0.25, 0.3) is 0 Å². The minimum atomic E-state index is -0.319. The zero-order valence-corrected chi connectivity index (χ0v) is 12.1. The highest BCUT2D eigenvalue weighted by Crippen LogP contribution is 2.25. The zero-order valence-electron chi connectivity index (χ0n) is 11.3. The molecule has 1 rings (SSSR count). The summed E-state index contributed by atoms with van der Waals surface area (Å²) in [5.41, 5.74) is 6.36. The summed E-state index contributed by atoms with van der Waals surface area (Å²) in [7, 11) is 0. The minimum Gasteiger partial charge on any atom is -0.369 e. The van der Waals surface area contributed by atoms with Crippen LogP contribution in [0.2, 0.25) is 0 Å². The summed E-state index contributed by atoms with van der Waals surface area (Å²) in [6.07, 6.45) is 0. The summed E-state index contributed by atoms with van der Waals surface area (Å²) >= 11 is 1.84. The van der Waals surface area contributed by atoms with E-state index in [0.717, 1.165) is 12.3 Å². The number of carbonyl (C=O) groups excluding carboxylic acids is 1. The smallest absolute Gasteiger partial charge is 0.231 e. The van der Waals surface area contributed by atoms with Crippen LogP contribution in [0.15, 0.2) is 29.2 Å². The lowest BCUT2D eigenvalue weighted by Gasteiger charge is -2.25. The third-order valence-corrected chi connectivity index (χ3v) is 3.71. The van der Waals surface area contributed by atoms with Crippen molar-refractivity contribution in [1.29, 1.82) is 0 Å². The number of nitrogens with one attached hydrogen (secondary N) is 1. The van der Waals surface area contributed by atoms with Gasteiger partial charge in [0.2, 0.25) is 5.91 Å². The molecule has 18 heavy (non-hydrogen) atoms. The first-order chi connectivity index (χ1) is 8.45. The highest BCUT2D eigenvalue weighted by atomic mass is 32.2. The summed E-state index contributed by atoms with van der Waals surface area (Å²) < 4.78 is 0. The number of hydrogen-bond acceptors (Lipinski definition) is 3. The molecule has 0 heterocycles. The summed E-state index contributed by atoms with van der Waals surface area (Å²) in [5.74, 6) is 0.767. The molecule has 0 aliphatic rings. The Morgan fingerprint density at radius 2 is 1.94 bits per heavy atom. The van der Waals surface area contributed by atoms with E-state index in [0.29, 0.717) is 0 Å². The van der Waals surface area contributed by atoms with E-state index in [1.165, 1.54) is 10.5 Å². The Labute approximate surface area is 114 Å². The lowest BCUT2D eigenvalue weighted by Crippen LogP contribution is -2.37. The molecule has 0 unspecified atom stereocenters. The SMILES string of the molecule is CCSc1ccc(C(C)(C)CNCC(N)=O)cc1. The first kappa shape index (κ1) is 15.1. The molecule has 0 saturated heterocycles. The Balaban J connectivity index is 2.63. The number of primary amides is 1. The van der Waals surface area contributed by atoms with E-state index in [2.05, 4.69) is 50.4 Å². The summed E-state index contributed by atoms with van der Waals surface area (Å²) in [4.78, 5) is 12.0. The number of thioether (sulfide) groups is 1. The van der Waals surface area contributed by atoms with Crippen molar-refractivity contribution in [3.63, 3.8) is 0 Å². The van der Waals surface area contributed by atoms with Gasteiger partial charge in [0.05, 0.1) is 6.54 Å². The van der Waals surface area contributed by atoms with Crippen molar-refractivity contribution in [3.8, 4) is 0 Å². The van der Waals surface area contributed by atoms with Crippen LogP contribution >= 0.6 is 11.8 Å². The normalized spacial score (nSPS) is 11.5. The number of carbonyl (C=O) groups is 1. The molecule has 1 aromatic carbocycles. The average Bonchev–Trinajstić information content (AvgIpc) is 2.29. The van der Waals surface area contributed by atoms with Gasteiger partial charge >= 0.3 is 0 Å². The van der Waals surface area contributed by atoms with Crippen LogP contribution in [0.25, 0.3) is 0 Å². The number of benzene rings is 1. The van der Waals surface area contributed by atoms with Gasteiger partial charge in [-0.1, -0.05) is 32.9 Å². The molecular weight excluding hydrogens is 244 g/mol. The Hall–Kier alpha value is -1.00. The first-order valence-corrected chi connectivity index (χ1v) is 7.16. The van der Waals surface area contributed by atoms with Gasteiger partial charge in [0.15, 0.2) is 0 Å². The average molecular weight is 266 g/mol. The Bertz CT molecular complexity index is 387. The molecule has 3 nitrogen and oxygen atoms in total. The molecule has 0 aliphatic heterocycles. The lowest BCUT2D eigenvalue weighted by atomic mass is 9.84. The van der Waals surface area contributed by atoms with Crippen molar-refractivity contribution in [2.45, 2.75) is 31.1 Å². The first-order valence-electron chi connectivity index (χ1n) is 6.18. The van der Waals surface area contributed by atoms with Gasteiger partial charge in [0.1, 0.15) is 0 Å². The van der Waals surface area contributed by atoms with E-state index in [-0.39, 0.29) is 17.9 Å². The fourth-order valence-electron chi connectivity index (χ4n) is 1.77. The van der Waals surface area contributed by atoms with Crippen molar-refractivity contribution in [2.75, 3.05) is 18.8 Å². The van der Waals surface area contributed by atoms with E-state index in [4.69, 9.17) is 5.73 Å². The predicted molar refractivity (Wildman–Crippen MR) is 77.9 cm³/mol. The van der Waals surface area contributed by atoms with Gasteiger partial charge in [-0.15, -0.1) is 11.8 Å². The number of rotatable bonds is 7. The van der Waals surface area contributed by atoms with Crippen LogP contribution in [0.3, 0.4) is 0 Å². The molecule has 0 fully saturated rings. The molecule has 0 bridgehead atoms. The molecule has 1 aromatic rings. The standard InChI is InChI=1S/C14H22N2OS/c1-4-18-12-7-5-11(6-8-12)14(2,3)10-16-9-13(15)17/h5-8,16H,4,9-10H2,1-3H3,(H2,15,17). The molecule has 0 spiro atoms. The second-order valence-electron chi connectivity index (χ2n) is 4.91. The van der Waals surface area contributed by atoms with Crippen molar-refractivity contribution >= 4 is 17.7 Å². The van der Waals surface area contributed by atoms with Crippen LogP contribution in [0.4, 0.5) is 0 Å². The summed E-state index contributed by atoms with van der Waals surface area (Å²) in [6, 6.07) is 8.62. The Kier molecular flexibility index (Phi) is 5.69. The van der Waals surface area contributed by atoms with E-state index in [1.54, 1.807) is 0 Å². The van der Waals surface area contributed by atoms with E-state index in [1.807, 2.05) is 11.8 Å². The fraction of sp³-hybridized carbons (Fsp3) is 0.500. The van der Waals surface area contributed by atoms with Gasteiger partial charge < -0.3 is 11.1 Å². The molecular formula is C14H22N2OS. The largest absolute Gasteiger partial charge is 0.369 e. The van der Waals surface area contributed by atoms with E-state index < -0.39 is 0 Å². The molecule has 3 N–H and O–H groups in total. The Morgan fingerprint density at radius 3 is 2.44 bits per heavy atom. The molecule has 1 amide bonds. The summed E-state index contributed by atoms with van der Waals surface area (Å²) in [5, 5.41) is 3.08. The monoisotopic (exact) mass is 266 g/mol. The van der Waals surface area contributed by atoms with Crippen LogP contribution in [0.1, 0.15) is 26.3 Å². The number of hydrogen-bond donors (Lipinski definition) is 2. The Morgan fingerprint density at radius 1 is 1.33 bits per heavy atom. The second kappa shape index (κ2) is 6.81. The topological polar surface area (TPSA) is 55.1 Å². The van der Waals surface area contributed by atoms with Gasteiger partial charge in [-0.05, 0) is 23.4 Å². The van der Waals surface area contributed by atoms with Crippen molar-refractivity contribution in [1.82, 2.24) is 5.32 Å². The van der Waals surface area contributed by atoms with Crippen molar-refractivity contribution < 1.29 is 4.79 Å². The molecule has 0 aromatic heterocycles. The third-order valence-electron chi connectivity index (χ3n) is 2.81. The number of amides is 1. The van der Waals surface area contributed by atoms with Crippen molar-refractivity contribution in [2.24, 2.45) is 5.73 Å². The second-order valence-corrected chi connectivity index (χ2v) is 6.25. The van der Waals surface area contributed by atoms with Gasteiger partial charge in [0, 0.05) is 16.9 Å². The van der Waals surface area contributed by atoms with Crippen LogP contribution in [-0.4, -0.2) is 24.7 Å². The van der Waals surface area contributed by atoms with E-state index in [9.17, 15) is 4.79 Å². The molecule has 0 atom stereocenters. The third kappa shape index (κ3) is 4.70. The summed E-state index contributed by atoms with van der Waals surface area (Å²) in [6.45, 7) is 7.42. The molecule has 0 saturated carbocycles. The van der Waals surface area contributed by atoms with Gasteiger partial charge in [-0.2, -0.15) is 0 Å². The fourth-order valence-corrected chi connectivity index (χ4v) is 2.43. The molecule has 4 heteroatoms. The van der Waals surface area contributed by atoms with Crippen molar-refractivity contribution in [3.05, 3.63) is 29.8 Å². The maximum atomic E-state index is 10.7. The van der Waals surface area contributed by atoms with Crippen LogP contribution in [0.5, 0.6) is 0 Å². The maximum absolute atomic E-state index is 10.7. The van der Waals surface area contributed by atoms with Gasteiger partial charge in [-0.25, -0.2) is 0 Å². The molecule has 100 valence electrons. The van der Waals surface area contributed by atoms with Crippen LogP contribution in [0, 0.1) is 0 Å².